The summed E-state index contributed by atoms with van der Waals surface area (Å²) in [7, 11) is 0. The Bertz CT molecular complexity index is 569. The number of para-hydroxylation sites is 1. The van der Waals surface area contributed by atoms with Crippen LogP contribution in [0.1, 0.15) is 22.3 Å². The lowest BCUT2D eigenvalue weighted by molar-refractivity contribution is 0.100. The summed E-state index contributed by atoms with van der Waals surface area (Å²) in [6.45, 7) is 1.09. The molecule has 2 aromatic rings. The van der Waals surface area contributed by atoms with Gasteiger partial charge in [0.2, 0.25) is 0 Å². The number of Topliss-reactive ketones (excluding diaryl/α,β-unsaturated/α-hetero) is 1. The van der Waals surface area contributed by atoms with Gasteiger partial charge in [-0.25, -0.2) is 0 Å². The summed E-state index contributed by atoms with van der Waals surface area (Å²) in [5, 5.41) is 1.06. The molecule has 2 N–H and O–H groups in total. The first-order valence-electron chi connectivity index (χ1n) is 5.65. The first-order valence-corrected chi connectivity index (χ1v) is 5.65. The van der Waals surface area contributed by atoms with Gasteiger partial charge in [-0.3, -0.25) is 4.79 Å². The van der Waals surface area contributed by atoms with E-state index < -0.39 is 0 Å². The van der Waals surface area contributed by atoms with Crippen molar-refractivity contribution in [2.24, 2.45) is 5.73 Å². The Labute approximate surface area is 93.9 Å². The Morgan fingerprint density at radius 1 is 1.44 bits per heavy atom. The maximum absolute atomic E-state index is 11.8. The lowest BCUT2D eigenvalue weighted by Gasteiger charge is -2.14. The molecule has 0 fully saturated rings. The summed E-state index contributed by atoms with van der Waals surface area (Å²) in [4.78, 5) is 11.8. The third-order valence-electron chi connectivity index (χ3n) is 3.31. The predicted octanol–water partition coefficient (Wildman–Crippen LogP) is 1.73. The molecule has 82 valence electrons. The summed E-state index contributed by atoms with van der Waals surface area (Å²) in [5.74, 6) is 0.0304. The smallest absolute Gasteiger partial charge is 0.178 e. The standard InChI is InChI=1S/C13H14N2O/c14-7-12(16)11-8-15-6-2-4-9-3-1-5-10(11)13(9)15/h1,3,5,8H,2,4,6-7,14H2. The van der Waals surface area contributed by atoms with Crippen molar-refractivity contribution in [2.45, 2.75) is 19.4 Å². The average molecular weight is 214 g/mol. The highest BCUT2D eigenvalue weighted by atomic mass is 16.1. The summed E-state index contributed by atoms with van der Waals surface area (Å²) < 4.78 is 2.19. The summed E-state index contributed by atoms with van der Waals surface area (Å²) in [5.41, 5.74) is 8.79. The van der Waals surface area contributed by atoms with Crippen molar-refractivity contribution in [1.82, 2.24) is 4.57 Å². The largest absolute Gasteiger partial charge is 0.346 e. The molecule has 1 aromatic carbocycles. The minimum Gasteiger partial charge on any atom is -0.346 e. The SMILES string of the molecule is NCC(=O)c1cn2c3c(cccc13)CCC2. The number of rotatable bonds is 2. The van der Waals surface area contributed by atoms with Crippen molar-refractivity contribution in [3.05, 3.63) is 35.5 Å². The van der Waals surface area contributed by atoms with Gasteiger partial charge < -0.3 is 10.3 Å². The van der Waals surface area contributed by atoms with Gasteiger partial charge in [0, 0.05) is 23.7 Å². The van der Waals surface area contributed by atoms with E-state index in [0.717, 1.165) is 30.3 Å². The van der Waals surface area contributed by atoms with E-state index in [1.165, 1.54) is 11.1 Å². The molecule has 1 aliphatic heterocycles. The highest BCUT2D eigenvalue weighted by Crippen LogP contribution is 2.29. The second-order valence-corrected chi connectivity index (χ2v) is 4.28. The lowest BCUT2D eigenvalue weighted by Crippen LogP contribution is -2.13. The van der Waals surface area contributed by atoms with Crippen LogP contribution in [0, 0.1) is 0 Å². The van der Waals surface area contributed by atoms with Crippen LogP contribution in [0.2, 0.25) is 0 Å². The van der Waals surface area contributed by atoms with E-state index in [1.54, 1.807) is 0 Å². The van der Waals surface area contributed by atoms with E-state index in [4.69, 9.17) is 5.73 Å². The maximum Gasteiger partial charge on any atom is 0.178 e. The highest BCUT2D eigenvalue weighted by molar-refractivity contribution is 6.09. The van der Waals surface area contributed by atoms with Crippen LogP contribution in [0.15, 0.2) is 24.4 Å². The number of nitrogens with zero attached hydrogens (tertiary/aromatic N) is 1. The Morgan fingerprint density at radius 2 is 2.31 bits per heavy atom. The third-order valence-corrected chi connectivity index (χ3v) is 3.31. The van der Waals surface area contributed by atoms with Crippen LogP contribution < -0.4 is 5.73 Å². The van der Waals surface area contributed by atoms with Crippen LogP contribution in [0.3, 0.4) is 0 Å². The summed E-state index contributed by atoms with van der Waals surface area (Å²) >= 11 is 0. The first-order chi connectivity index (χ1) is 7.81. The topological polar surface area (TPSA) is 48.0 Å². The fraction of sp³-hybridized carbons (Fsp3) is 0.308. The monoisotopic (exact) mass is 214 g/mol. The van der Waals surface area contributed by atoms with Crippen LogP contribution >= 0.6 is 0 Å². The molecule has 0 radical (unpaired) electrons. The lowest BCUT2D eigenvalue weighted by atomic mass is 10.0. The van der Waals surface area contributed by atoms with E-state index in [0.29, 0.717) is 0 Å². The normalized spacial score (nSPS) is 14.3. The molecule has 3 rings (SSSR count). The van der Waals surface area contributed by atoms with Crippen LogP contribution in [-0.2, 0) is 13.0 Å². The molecule has 0 saturated heterocycles. The molecule has 0 atom stereocenters. The van der Waals surface area contributed by atoms with Crippen LogP contribution in [0.5, 0.6) is 0 Å². The Kier molecular flexibility index (Phi) is 2.07. The van der Waals surface area contributed by atoms with Gasteiger partial charge in [0.1, 0.15) is 0 Å². The van der Waals surface area contributed by atoms with E-state index in [9.17, 15) is 4.79 Å². The second-order valence-electron chi connectivity index (χ2n) is 4.28. The molecule has 0 saturated carbocycles. The van der Waals surface area contributed by atoms with E-state index in [-0.39, 0.29) is 12.3 Å². The van der Waals surface area contributed by atoms with Gasteiger partial charge in [0.15, 0.2) is 5.78 Å². The highest BCUT2D eigenvalue weighted by Gasteiger charge is 2.18. The summed E-state index contributed by atoms with van der Waals surface area (Å²) in [6.07, 6.45) is 4.22. The number of hydrogen-bond acceptors (Lipinski definition) is 2. The van der Waals surface area contributed by atoms with Crippen molar-refractivity contribution in [2.75, 3.05) is 6.54 Å². The zero-order chi connectivity index (χ0) is 11.1. The Morgan fingerprint density at radius 3 is 3.12 bits per heavy atom. The molecule has 16 heavy (non-hydrogen) atoms. The molecule has 2 heterocycles. The number of carbonyl (C=O) groups is 1. The van der Waals surface area contributed by atoms with Gasteiger partial charge in [-0.15, -0.1) is 0 Å². The molecule has 0 spiro atoms. The molecule has 0 bridgehead atoms. The Balaban J connectivity index is 2.34. The van der Waals surface area contributed by atoms with Gasteiger partial charge in [-0.05, 0) is 18.4 Å². The average Bonchev–Trinajstić information content (AvgIpc) is 2.70. The van der Waals surface area contributed by atoms with Crippen molar-refractivity contribution in [3.8, 4) is 0 Å². The van der Waals surface area contributed by atoms with Gasteiger partial charge in [0.05, 0.1) is 12.1 Å². The zero-order valence-corrected chi connectivity index (χ0v) is 9.07. The van der Waals surface area contributed by atoms with Gasteiger partial charge in [-0.1, -0.05) is 18.2 Å². The van der Waals surface area contributed by atoms with Gasteiger partial charge in [-0.2, -0.15) is 0 Å². The second kappa shape index (κ2) is 3.46. The minimum atomic E-state index is 0.0304. The number of ketones is 1. The number of benzene rings is 1. The number of aryl methyl sites for hydroxylation is 2. The third kappa shape index (κ3) is 1.21. The molecule has 3 heteroatoms. The molecule has 3 nitrogen and oxygen atoms in total. The minimum absolute atomic E-state index is 0.0304. The predicted molar refractivity (Wildman–Crippen MR) is 63.6 cm³/mol. The molecular weight excluding hydrogens is 200 g/mol. The first kappa shape index (κ1) is 9.60. The fourth-order valence-corrected chi connectivity index (χ4v) is 2.59. The molecule has 0 amide bonds. The fourth-order valence-electron chi connectivity index (χ4n) is 2.59. The molecular formula is C13H14N2O. The zero-order valence-electron chi connectivity index (χ0n) is 9.07. The van der Waals surface area contributed by atoms with Crippen LogP contribution in [-0.4, -0.2) is 16.9 Å². The molecule has 1 aliphatic rings. The van der Waals surface area contributed by atoms with Crippen LogP contribution in [0.4, 0.5) is 0 Å². The van der Waals surface area contributed by atoms with Gasteiger partial charge >= 0.3 is 0 Å². The summed E-state index contributed by atoms with van der Waals surface area (Å²) in [6, 6.07) is 6.19. The van der Waals surface area contributed by atoms with Gasteiger partial charge in [0.25, 0.3) is 0 Å². The van der Waals surface area contributed by atoms with Crippen molar-refractivity contribution in [3.63, 3.8) is 0 Å². The Hall–Kier alpha value is -1.61. The maximum atomic E-state index is 11.8. The van der Waals surface area contributed by atoms with Crippen LogP contribution in [0.25, 0.3) is 10.9 Å². The molecule has 1 aromatic heterocycles. The van der Waals surface area contributed by atoms with E-state index >= 15 is 0 Å². The molecule has 0 aliphatic carbocycles. The van der Waals surface area contributed by atoms with E-state index in [1.807, 2.05) is 18.3 Å². The number of aromatic nitrogens is 1. The number of carbonyl (C=O) groups excluding carboxylic acids is 1. The molecule has 0 unspecified atom stereocenters. The number of nitrogens with two attached hydrogens (primary N) is 1. The van der Waals surface area contributed by atoms with E-state index in [2.05, 4.69) is 10.6 Å². The number of hydrogen-bond donors (Lipinski definition) is 1. The van der Waals surface area contributed by atoms with Crippen molar-refractivity contribution in [1.29, 1.82) is 0 Å². The van der Waals surface area contributed by atoms with Crippen molar-refractivity contribution >= 4 is 16.7 Å². The quantitative estimate of drug-likeness (QED) is 0.774. The van der Waals surface area contributed by atoms with Crippen molar-refractivity contribution < 1.29 is 4.79 Å².